The van der Waals surface area contributed by atoms with Crippen molar-refractivity contribution in [3.63, 3.8) is 0 Å². The normalized spacial score (nSPS) is 12.4. The summed E-state index contributed by atoms with van der Waals surface area (Å²) in [5.41, 5.74) is 7.18. The summed E-state index contributed by atoms with van der Waals surface area (Å²) in [7, 11) is 0. The van der Waals surface area contributed by atoms with Gasteiger partial charge in [-0.25, -0.2) is 0 Å². The molecule has 6 N–H and O–H groups in total. The first-order valence-electron chi connectivity index (χ1n) is 9.35. The molecule has 0 aliphatic rings. The second kappa shape index (κ2) is 11.8. The fourth-order valence-electron chi connectivity index (χ4n) is 1.47. The number of nitrogens with one attached hydrogen (secondary N) is 6. The van der Waals surface area contributed by atoms with Crippen LogP contribution >= 0.6 is 36.7 Å². The molecular formula is C17H30N12S3. The van der Waals surface area contributed by atoms with Gasteiger partial charge in [0.05, 0.1) is 12.1 Å². The molecule has 0 aliphatic carbocycles. The molecule has 0 saturated carbocycles. The predicted molar refractivity (Wildman–Crippen MR) is 134 cm³/mol. The van der Waals surface area contributed by atoms with Crippen molar-refractivity contribution < 1.29 is 0 Å². The minimum atomic E-state index is -0.933. The molecule has 0 amide bonds. The number of nitriles is 2. The molecule has 15 heteroatoms. The molecule has 176 valence electrons. The number of hydrazine groups is 2. The first-order valence-corrected chi connectivity index (χ1v) is 10.6. The van der Waals surface area contributed by atoms with Crippen LogP contribution in [-0.2, 0) is 0 Å². The molecule has 0 aromatic rings. The predicted octanol–water partition coefficient (Wildman–Crippen LogP) is 2.19. The van der Waals surface area contributed by atoms with Gasteiger partial charge in [0.15, 0.2) is 21.3 Å². The van der Waals surface area contributed by atoms with E-state index in [0.717, 1.165) is 0 Å². The molecule has 0 aliphatic heterocycles. The molecule has 0 bridgehead atoms. The van der Waals surface area contributed by atoms with Crippen molar-refractivity contribution in [2.75, 3.05) is 0 Å². The second-order valence-electron chi connectivity index (χ2n) is 8.60. The summed E-state index contributed by atoms with van der Waals surface area (Å²) in [5, 5.41) is 40.6. The van der Waals surface area contributed by atoms with Crippen LogP contribution in [0.2, 0.25) is 0 Å². The Kier molecular flexibility index (Phi) is 10.7. The first-order chi connectivity index (χ1) is 14.4. The third-order valence-electron chi connectivity index (χ3n) is 3.07. The third-order valence-corrected chi connectivity index (χ3v) is 3.68. The maximum Gasteiger partial charge on any atom is 0.204 e. The molecule has 0 unspecified atom stereocenters. The zero-order valence-corrected chi connectivity index (χ0v) is 21.9. The highest BCUT2D eigenvalue weighted by molar-refractivity contribution is 7.81. The van der Waals surface area contributed by atoms with Gasteiger partial charge in [-0.3, -0.25) is 21.7 Å². The van der Waals surface area contributed by atoms with Crippen LogP contribution in [-0.4, -0.2) is 37.7 Å². The molecule has 0 radical (unpaired) electrons. The Morgan fingerprint density at radius 2 is 0.844 bits per heavy atom. The third kappa shape index (κ3) is 13.5. The Hall–Kier alpha value is -2.75. The summed E-state index contributed by atoms with van der Waals surface area (Å²) in [6.45, 7) is 13.6. The summed E-state index contributed by atoms with van der Waals surface area (Å²) in [5.74, 6) is 0. The van der Waals surface area contributed by atoms with Crippen LogP contribution in [0.5, 0.6) is 0 Å². The molecule has 0 fully saturated rings. The summed E-state index contributed by atoms with van der Waals surface area (Å²) < 4.78 is 0. The van der Waals surface area contributed by atoms with Crippen LogP contribution < -0.4 is 32.3 Å². The van der Waals surface area contributed by atoms with E-state index in [0.29, 0.717) is 0 Å². The van der Waals surface area contributed by atoms with E-state index in [1.165, 1.54) is 0 Å². The quantitative estimate of drug-likeness (QED) is 0.180. The van der Waals surface area contributed by atoms with Gasteiger partial charge in [-0.1, -0.05) is 0 Å². The SMILES string of the molecule is CC(C)(C#N)N=NC(C)(C)NC(=S)NNC(=S)NNC(=S)NC(C)(C)N=NC(C)(C)C#N. The zero-order chi connectivity index (χ0) is 25.2. The van der Waals surface area contributed by atoms with E-state index < -0.39 is 22.4 Å². The highest BCUT2D eigenvalue weighted by Crippen LogP contribution is 2.13. The summed E-state index contributed by atoms with van der Waals surface area (Å²) in [4.78, 5) is 0. The average molecular weight is 499 g/mol. The van der Waals surface area contributed by atoms with E-state index in [-0.39, 0.29) is 15.3 Å². The minimum Gasteiger partial charge on any atom is -0.336 e. The topological polar surface area (TPSA) is 169 Å². The number of hydrogen-bond donors (Lipinski definition) is 6. The Balaban J connectivity index is 4.51. The lowest BCUT2D eigenvalue weighted by Gasteiger charge is -2.25. The largest absolute Gasteiger partial charge is 0.336 e. The van der Waals surface area contributed by atoms with Crippen LogP contribution in [0, 0.1) is 22.7 Å². The monoisotopic (exact) mass is 498 g/mol. The Bertz CT molecular complexity index is 778. The number of nitrogens with zero attached hydrogens (tertiary/aromatic N) is 6. The summed E-state index contributed by atoms with van der Waals surface area (Å²) >= 11 is 15.5. The van der Waals surface area contributed by atoms with Gasteiger partial charge in [0.2, 0.25) is 5.11 Å². The Morgan fingerprint density at radius 3 is 1.12 bits per heavy atom. The fourth-order valence-corrected chi connectivity index (χ4v) is 2.17. The van der Waals surface area contributed by atoms with E-state index in [1.54, 1.807) is 55.4 Å². The van der Waals surface area contributed by atoms with Gasteiger partial charge in [0.25, 0.3) is 0 Å². The molecule has 0 heterocycles. The van der Waals surface area contributed by atoms with Crippen molar-refractivity contribution >= 4 is 52.0 Å². The fraction of sp³-hybridized carbons (Fsp3) is 0.706. The Labute approximate surface area is 205 Å². The minimum absolute atomic E-state index is 0.147. The maximum absolute atomic E-state index is 9.00. The first kappa shape index (κ1) is 29.2. The molecular weight excluding hydrogens is 468 g/mol. The van der Waals surface area contributed by atoms with E-state index in [4.69, 9.17) is 47.2 Å². The van der Waals surface area contributed by atoms with Crippen LogP contribution in [0.25, 0.3) is 0 Å². The molecule has 0 rings (SSSR count). The second-order valence-corrected chi connectivity index (χ2v) is 9.82. The van der Waals surface area contributed by atoms with Gasteiger partial charge >= 0.3 is 0 Å². The molecule has 32 heavy (non-hydrogen) atoms. The molecule has 0 aromatic carbocycles. The van der Waals surface area contributed by atoms with Gasteiger partial charge < -0.3 is 10.6 Å². The van der Waals surface area contributed by atoms with Gasteiger partial charge in [-0.15, -0.1) is 0 Å². The van der Waals surface area contributed by atoms with Gasteiger partial charge in [0.1, 0.15) is 11.3 Å². The van der Waals surface area contributed by atoms with Crippen LogP contribution in [0.15, 0.2) is 20.5 Å². The van der Waals surface area contributed by atoms with Gasteiger partial charge in [-0.05, 0) is 92.0 Å². The van der Waals surface area contributed by atoms with Crippen molar-refractivity contribution in [2.45, 2.75) is 77.8 Å². The highest BCUT2D eigenvalue weighted by atomic mass is 32.1. The van der Waals surface area contributed by atoms with E-state index in [1.807, 2.05) is 12.1 Å². The summed E-state index contributed by atoms with van der Waals surface area (Å²) in [6, 6.07) is 4.08. The average Bonchev–Trinajstić information content (AvgIpc) is 2.67. The van der Waals surface area contributed by atoms with Crippen molar-refractivity contribution in [3.8, 4) is 12.1 Å². The molecule has 0 spiro atoms. The number of hydrogen-bond acceptors (Lipinski definition) is 9. The smallest absolute Gasteiger partial charge is 0.204 e. The van der Waals surface area contributed by atoms with E-state index in [2.05, 4.69) is 52.8 Å². The van der Waals surface area contributed by atoms with Crippen molar-refractivity contribution in [2.24, 2.45) is 20.5 Å². The van der Waals surface area contributed by atoms with E-state index in [9.17, 15) is 0 Å². The lowest BCUT2D eigenvalue weighted by atomic mass is 10.1. The van der Waals surface area contributed by atoms with Crippen molar-refractivity contribution in [1.82, 2.24) is 32.3 Å². The molecule has 0 saturated heterocycles. The number of thiocarbonyl (C=S) groups is 3. The van der Waals surface area contributed by atoms with Crippen LogP contribution in [0.4, 0.5) is 0 Å². The molecule has 12 nitrogen and oxygen atoms in total. The Morgan fingerprint density at radius 1 is 0.562 bits per heavy atom. The van der Waals surface area contributed by atoms with Crippen LogP contribution in [0.1, 0.15) is 55.4 Å². The molecule has 0 atom stereocenters. The lowest BCUT2D eigenvalue weighted by molar-refractivity contribution is 0.427. The zero-order valence-electron chi connectivity index (χ0n) is 19.4. The van der Waals surface area contributed by atoms with E-state index >= 15 is 0 Å². The maximum atomic E-state index is 9.00. The number of rotatable bonds is 6. The standard InChI is InChI=1S/C17H30N12S3/c1-14(2,9-18)26-28-16(5,6)20-11(30)22-24-13(32)25-23-12(31)21-17(7,8)29-27-15(3,4)10-19/h1-8H3,(H2,20,22,30)(H2,21,23,31)(H2,24,25,32). The van der Waals surface area contributed by atoms with Crippen molar-refractivity contribution in [1.29, 1.82) is 10.5 Å². The molecule has 0 aromatic heterocycles. The highest BCUT2D eigenvalue weighted by Gasteiger charge is 2.22. The number of azo groups is 2. The van der Waals surface area contributed by atoms with Gasteiger partial charge in [-0.2, -0.15) is 31.0 Å². The lowest BCUT2D eigenvalue weighted by Crippen LogP contribution is -2.58. The van der Waals surface area contributed by atoms with Crippen molar-refractivity contribution in [3.05, 3.63) is 0 Å². The summed E-state index contributed by atoms with van der Waals surface area (Å²) in [6.07, 6.45) is 0. The van der Waals surface area contributed by atoms with Crippen LogP contribution in [0.3, 0.4) is 0 Å². The van der Waals surface area contributed by atoms with Gasteiger partial charge in [0, 0.05) is 0 Å².